The van der Waals surface area contributed by atoms with Gasteiger partial charge in [-0.25, -0.2) is 14.9 Å². The number of imide groups is 1. The Morgan fingerprint density at radius 3 is 2.44 bits per heavy atom. The van der Waals surface area contributed by atoms with E-state index in [9.17, 15) is 24.3 Å². The van der Waals surface area contributed by atoms with Crippen molar-refractivity contribution in [2.75, 3.05) is 12.5 Å². The van der Waals surface area contributed by atoms with E-state index in [1.54, 1.807) is 31.2 Å². The third kappa shape index (κ3) is 7.96. The lowest BCUT2D eigenvalue weighted by molar-refractivity contribution is -0.147. The fourth-order valence-electron chi connectivity index (χ4n) is 4.42. The number of hydrogen-bond donors (Lipinski definition) is 4. The highest BCUT2D eigenvalue weighted by molar-refractivity contribution is 8.00. The van der Waals surface area contributed by atoms with Gasteiger partial charge < -0.3 is 25.4 Å². The zero-order valence-electron chi connectivity index (χ0n) is 22.6. The Labute approximate surface area is 232 Å². The number of rotatable bonds is 9. The molecule has 0 aromatic heterocycles. The van der Waals surface area contributed by atoms with Crippen LogP contribution in [0.25, 0.3) is 0 Å². The summed E-state index contributed by atoms with van der Waals surface area (Å²) in [6.45, 7) is 7.69. The minimum Gasteiger partial charge on any atom is -0.450 e. The van der Waals surface area contributed by atoms with Gasteiger partial charge in [-0.1, -0.05) is 54.6 Å². The molecule has 3 rings (SSSR count). The molecule has 0 bridgehead atoms. The topological polar surface area (TPSA) is 137 Å². The molecule has 1 saturated heterocycles. The van der Waals surface area contributed by atoms with Crippen molar-refractivity contribution in [1.29, 1.82) is 0 Å². The van der Waals surface area contributed by atoms with Gasteiger partial charge in [-0.3, -0.25) is 9.59 Å². The highest BCUT2D eigenvalue weighted by Gasteiger charge is 2.49. The van der Waals surface area contributed by atoms with E-state index in [4.69, 9.17) is 4.74 Å². The van der Waals surface area contributed by atoms with Gasteiger partial charge in [0.15, 0.2) is 6.10 Å². The molecule has 4 N–H and O–H groups in total. The van der Waals surface area contributed by atoms with Gasteiger partial charge in [0.25, 0.3) is 5.91 Å². The van der Waals surface area contributed by atoms with Crippen molar-refractivity contribution >= 4 is 35.7 Å². The largest absolute Gasteiger partial charge is 0.450 e. The molecule has 5 amide bonds. The number of urea groups is 1. The maximum atomic E-state index is 13.6. The van der Waals surface area contributed by atoms with E-state index >= 15 is 0 Å². The standard InChI is InChI=1S/C28H36N4O6S/c1-5-38-27(37)31-26(36)30-21(15-19-12-7-6-8-13-19)22(33)25(35)32-17-39-28(3,4)23(32)24(34)29-16-20-14-10-9-11-18(20)2/h6-14,21-23,33H,5,15-17H2,1-4H3,(H,29,34)(H2,30,31,36,37)/t21-,22-,23+/m0/s1. The van der Waals surface area contributed by atoms with E-state index in [1.165, 1.54) is 16.7 Å². The maximum absolute atomic E-state index is 13.6. The molecule has 0 spiro atoms. The number of carbonyl (C=O) groups is 4. The molecule has 0 radical (unpaired) electrons. The van der Waals surface area contributed by atoms with Crippen LogP contribution in [0.4, 0.5) is 9.59 Å². The highest BCUT2D eigenvalue weighted by atomic mass is 32.2. The van der Waals surface area contributed by atoms with Crippen molar-refractivity contribution in [3.05, 3.63) is 71.3 Å². The molecule has 1 fully saturated rings. The number of alkyl carbamates (subject to hydrolysis) is 1. The molecule has 39 heavy (non-hydrogen) atoms. The van der Waals surface area contributed by atoms with Gasteiger partial charge in [-0.2, -0.15) is 0 Å². The van der Waals surface area contributed by atoms with Gasteiger partial charge >= 0.3 is 12.1 Å². The molecule has 10 nitrogen and oxygen atoms in total. The lowest BCUT2D eigenvalue weighted by Crippen LogP contribution is -2.59. The van der Waals surface area contributed by atoms with Gasteiger partial charge in [0.1, 0.15) is 6.04 Å². The lowest BCUT2D eigenvalue weighted by atomic mass is 9.97. The van der Waals surface area contributed by atoms with Crippen LogP contribution in [0.15, 0.2) is 54.6 Å². The molecule has 2 aromatic rings. The predicted octanol–water partition coefficient (Wildman–Crippen LogP) is 2.72. The number of nitrogens with zero attached hydrogens (tertiary/aromatic N) is 1. The second-order valence-corrected chi connectivity index (χ2v) is 11.4. The number of aliphatic hydroxyl groups is 1. The van der Waals surface area contributed by atoms with Gasteiger partial charge in [-0.05, 0) is 50.8 Å². The number of aliphatic hydroxyl groups excluding tert-OH is 1. The number of benzene rings is 2. The van der Waals surface area contributed by atoms with E-state index in [-0.39, 0.29) is 24.8 Å². The molecule has 0 saturated carbocycles. The lowest BCUT2D eigenvalue weighted by Gasteiger charge is -2.33. The van der Waals surface area contributed by atoms with Crippen LogP contribution in [0.3, 0.4) is 0 Å². The summed E-state index contributed by atoms with van der Waals surface area (Å²) in [5.74, 6) is -0.832. The number of aryl methyl sites for hydroxylation is 1. The van der Waals surface area contributed by atoms with Crippen LogP contribution in [0, 0.1) is 6.92 Å². The maximum Gasteiger partial charge on any atom is 0.415 e. The smallest absolute Gasteiger partial charge is 0.415 e. The zero-order valence-corrected chi connectivity index (χ0v) is 23.4. The first-order valence-corrected chi connectivity index (χ1v) is 13.7. The number of thioether (sulfide) groups is 1. The Hall–Kier alpha value is -3.57. The summed E-state index contributed by atoms with van der Waals surface area (Å²) in [7, 11) is 0. The number of amides is 5. The summed E-state index contributed by atoms with van der Waals surface area (Å²) in [5.41, 5.74) is 2.76. The normalized spacial score (nSPS) is 17.6. The fraction of sp³-hybridized carbons (Fsp3) is 0.429. The molecule has 1 heterocycles. The van der Waals surface area contributed by atoms with Crippen LogP contribution >= 0.6 is 11.8 Å². The van der Waals surface area contributed by atoms with Gasteiger partial charge in [0, 0.05) is 11.3 Å². The van der Waals surface area contributed by atoms with Gasteiger partial charge in [-0.15, -0.1) is 11.8 Å². The third-order valence-corrected chi connectivity index (χ3v) is 7.91. The highest BCUT2D eigenvalue weighted by Crippen LogP contribution is 2.40. The molecule has 210 valence electrons. The van der Waals surface area contributed by atoms with Crippen LogP contribution in [0.1, 0.15) is 37.5 Å². The van der Waals surface area contributed by atoms with Crippen LogP contribution in [-0.4, -0.2) is 69.4 Å². The second kappa shape index (κ2) is 13.5. The Kier molecular flexibility index (Phi) is 10.4. The van der Waals surface area contributed by atoms with Crippen molar-refractivity contribution in [3.8, 4) is 0 Å². The van der Waals surface area contributed by atoms with Gasteiger partial charge in [0.05, 0.1) is 18.5 Å². The number of nitrogens with one attached hydrogen (secondary N) is 3. The Morgan fingerprint density at radius 2 is 1.77 bits per heavy atom. The molecule has 0 unspecified atom stereocenters. The molecule has 2 aromatic carbocycles. The molecular weight excluding hydrogens is 520 g/mol. The summed E-state index contributed by atoms with van der Waals surface area (Å²) >= 11 is 1.43. The molecule has 3 atom stereocenters. The van der Waals surface area contributed by atoms with Crippen LogP contribution in [0.2, 0.25) is 0 Å². The van der Waals surface area contributed by atoms with Crippen molar-refractivity contribution in [2.45, 2.75) is 63.6 Å². The van der Waals surface area contributed by atoms with Crippen molar-refractivity contribution < 1.29 is 29.0 Å². The monoisotopic (exact) mass is 556 g/mol. The Balaban J connectivity index is 1.77. The van der Waals surface area contributed by atoms with Crippen LogP contribution < -0.4 is 16.0 Å². The van der Waals surface area contributed by atoms with Crippen LogP contribution in [0.5, 0.6) is 0 Å². The predicted molar refractivity (Wildman–Crippen MR) is 149 cm³/mol. The minimum atomic E-state index is -1.68. The van der Waals surface area contributed by atoms with E-state index in [0.717, 1.165) is 16.7 Å². The average molecular weight is 557 g/mol. The summed E-state index contributed by atoms with van der Waals surface area (Å²) in [5, 5.41) is 18.7. The quantitative estimate of drug-likeness (QED) is 0.373. The molecule has 0 aliphatic carbocycles. The zero-order chi connectivity index (χ0) is 28.6. The second-order valence-electron chi connectivity index (χ2n) is 9.79. The van der Waals surface area contributed by atoms with E-state index in [2.05, 4.69) is 10.6 Å². The van der Waals surface area contributed by atoms with Crippen molar-refractivity contribution in [2.24, 2.45) is 0 Å². The number of hydrogen-bond acceptors (Lipinski definition) is 7. The van der Waals surface area contributed by atoms with Crippen molar-refractivity contribution in [1.82, 2.24) is 20.9 Å². The Morgan fingerprint density at radius 1 is 1.10 bits per heavy atom. The first-order chi connectivity index (χ1) is 18.5. The fourth-order valence-corrected chi connectivity index (χ4v) is 5.56. The SMILES string of the molecule is CCOC(=O)NC(=O)N[C@@H](Cc1ccccc1)[C@H](O)C(=O)N1CSC(C)(C)[C@H]1C(=O)NCc1ccccc1C. The summed E-state index contributed by atoms with van der Waals surface area (Å²) in [6.07, 6.45) is -2.52. The molecule has 11 heteroatoms. The van der Waals surface area contributed by atoms with Crippen LogP contribution in [-0.2, 0) is 27.3 Å². The summed E-state index contributed by atoms with van der Waals surface area (Å²) < 4.78 is 4.12. The minimum absolute atomic E-state index is 0.0728. The first-order valence-electron chi connectivity index (χ1n) is 12.8. The number of ether oxygens (including phenoxy) is 1. The summed E-state index contributed by atoms with van der Waals surface area (Å²) in [4.78, 5) is 52.5. The Bertz CT molecular complexity index is 1180. The molecule has 1 aliphatic rings. The third-order valence-electron chi connectivity index (χ3n) is 6.53. The molecular formula is C28H36N4O6S. The van der Waals surface area contributed by atoms with Crippen molar-refractivity contribution in [3.63, 3.8) is 0 Å². The molecule has 1 aliphatic heterocycles. The van der Waals surface area contributed by atoms with E-state index in [0.29, 0.717) is 6.54 Å². The summed E-state index contributed by atoms with van der Waals surface area (Å²) in [6, 6.07) is 13.9. The van der Waals surface area contributed by atoms with E-state index in [1.807, 2.05) is 56.4 Å². The average Bonchev–Trinajstić information content (AvgIpc) is 3.22. The van der Waals surface area contributed by atoms with Gasteiger partial charge in [0.2, 0.25) is 5.91 Å². The number of carbonyl (C=O) groups excluding carboxylic acids is 4. The van der Waals surface area contributed by atoms with E-state index < -0.39 is 41.0 Å². The first kappa shape index (κ1) is 30.0.